The van der Waals surface area contributed by atoms with Gasteiger partial charge in [-0.15, -0.1) is 0 Å². The van der Waals surface area contributed by atoms with Crippen LogP contribution in [0.3, 0.4) is 0 Å². The average Bonchev–Trinajstić information content (AvgIpc) is 2.46. The maximum atomic E-state index is 12.5. The highest BCUT2D eigenvalue weighted by Gasteiger charge is 2.19. The minimum absolute atomic E-state index is 0.214. The minimum atomic E-state index is -0.214. The number of rotatable bonds is 4. The zero-order valence-corrected chi connectivity index (χ0v) is 12.5. The molecule has 0 spiro atoms. The van der Waals surface area contributed by atoms with Crippen LogP contribution in [0.2, 0.25) is 10.0 Å². The molecule has 0 radical (unpaired) electrons. The Morgan fingerprint density at radius 1 is 1.05 bits per heavy atom. The van der Waals surface area contributed by atoms with Gasteiger partial charge in [-0.2, -0.15) is 0 Å². The van der Waals surface area contributed by atoms with Crippen LogP contribution >= 0.6 is 23.2 Å². The first-order chi connectivity index (χ1) is 9.58. The van der Waals surface area contributed by atoms with Gasteiger partial charge in [0.1, 0.15) is 10.8 Å². The summed E-state index contributed by atoms with van der Waals surface area (Å²) in [6.07, 6.45) is 0. The summed E-state index contributed by atoms with van der Waals surface area (Å²) in [5.41, 5.74) is 0.831. The SMILES string of the molecule is COc1ccc(C(=O)c2cccc(Cl)c2)c(OC)c1Cl. The lowest BCUT2D eigenvalue weighted by molar-refractivity contribution is 0.103. The molecule has 0 unspecified atom stereocenters. The molecule has 0 aliphatic rings. The van der Waals surface area contributed by atoms with Gasteiger partial charge in [-0.25, -0.2) is 0 Å². The van der Waals surface area contributed by atoms with E-state index in [4.69, 9.17) is 32.7 Å². The number of hydrogen-bond acceptors (Lipinski definition) is 3. The summed E-state index contributed by atoms with van der Waals surface area (Å²) in [5.74, 6) is 0.524. The molecule has 0 saturated heterocycles. The van der Waals surface area contributed by atoms with Crippen LogP contribution < -0.4 is 9.47 Å². The third-order valence-electron chi connectivity index (χ3n) is 2.82. The molecule has 104 valence electrons. The number of benzene rings is 2. The van der Waals surface area contributed by atoms with Crippen LogP contribution in [0.1, 0.15) is 15.9 Å². The first-order valence-corrected chi connectivity index (χ1v) is 6.54. The molecule has 2 rings (SSSR count). The average molecular weight is 311 g/mol. The second kappa shape index (κ2) is 6.16. The summed E-state index contributed by atoms with van der Waals surface area (Å²) >= 11 is 12.0. The van der Waals surface area contributed by atoms with E-state index in [0.29, 0.717) is 21.9 Å². The van der Waals surface area contributed by atoms with Gasteiger partial charge in [0.25, 0.3) is 0 Å². The molecule has 3 nitrogen and oxygen atoms in total. The zero-order valence-electron chi connectivity index (χ0n) is 10.9. The largest absolute Gasteiger partial charge is 0.495 e. The summed E-state index contributed by atoms with van der Waals surface area (Å²) in [6.45, 7) is 0. The van der Waals surface area contributed by atoms with Crippen molar-refractivity contribution in [3.05, 3.63) is 57.6 Å². The summed E-state index contributed by atoms with van der Waals surface area (Å²) < 4.78 is 10.3. The summed E-state index contributed by atoms with van der Waals surface area (Å²) in [5, 5.41) is 0.761. The van der Waals surface area contributed by atoms with E-state index in [0.717, 1.165) is 0 Å². The van der Waals surface area contributed by atoms with Crippen molar-refractivity contribution in [1.82, 2.24) is 0 Å². The van der Waals surface area contributed by atoms with Crippen LogP contribution in [0.15, 0.2) is 36.4 Å². The fraction of sp³-hybridized carbons (Fsp3) is 0.133. The Morgan fingerprint density at radius 2 is 1.80 bits per heavy atom. The van der Waals surface area contributed by atoms with Gasteiger partial charge in [0.15, 0.2) is 11.5 Å². The Morgan fingerprint density at radius 3 is 2.40 bits per heavy atom. The van der Waals surface area contributed by atoms with E-state index in [2.05, 4.69) is 0 Å². The normalized spacial score (nSPS) is 10.2. The monoisotopic (exact) mass is 310 g/mol. The molecule has 0 saturated carbocycles. The molecule has 0 atom stereocenters. The van der Waals surface area contributed by atoms with E-state index in [1.807, 2.05) is 0 Å². The third-order valence-corrected chi connectivity index (χ3v) is 3.41. The highest BCUT2D eigenvalue weighted by atomic mass is 35.5. The second-order valence-electron chi connectivity index (χ2n) is 4.00. The molecule has 0 aliphatic carbocycles. The molecule has 0 amide bonds. The summed E-state index contributed by atoms with van der Waals surface area (Å²) in [7, 11) is 2.95. The first kappa shape index (κ1) is 14.7. The number of halogens is 2. The van der Waals surface area contributed by atoms with Gasteiger partial charge in [-0.3, -0.25) is 4.79 Å². The Balaban J connectivity index is 2.52. The van der Waals surface area contributed by atoms with Crippen LogP contribution in [0.25, 0.3) is 0 Å². The molecule has 20 heavy (non-hydrogen) atoms. The Kier molecular flexibility index (Phi) is 4.53. The topological polar surface area (TPSA) is 35.5 Å². The number of methoxy groups -OCH3 is 2. The Labute approximate surface area is 127 Å². The second-order valence-corrected chi connectivity index (χ2v) is 4.82. The van der Waals surface area contributed by atoms with Crippen LogP contribution in [0.5, 0.6) is 11.5 Å². The molecular formula is C15H12Cl2O3. The van der Waals surface area contributed by atoms with Crippen LogP contribution in [-0.2, 0) is 0 Å². The highest BCUT2D eigenvalue weighted by molar-refractivity contribution is 6.34. The lowest BCUT2D eigenvalue weighted by atomic mass is 10.0. The van der Waals surface area contributed by atoms with E-state index < -0.39 is 0 Å². The minimum Gasteiger partial charge on any atom is -0.495 e. The Bertz CT molecular complexity index is 654. The van der Waals surface area contributed by atoms with Gasteiger partial charge < -0.3 is 9.47 Å². The van der Waals surface area contributed by atoms with E-state index in [1.165, 1.54) is 14.2 Å². The summed E-state index contributed by atoms with van der Waals surface area (Å²) in [4.78, 5) is 12.5. The maximum Gasteiger partial charge on any atom is 0.196 e. The van der Waals surface area contributed by atoms with Crippen molar-refractivity contribution in [2.45, 2.75) is 0 Å². The van der Waals surface area contributed by atoms with E-state index in [-0.39, 0.29) is 16.6 Å². The standard InChI is InChI=1S/C15H12Cl2O3/c1-19-12-7-6-11(15(20-2)13(12)17)14(18)9-4-3-5-10(16)8-9/h3-8H,1-2H3. The quantitative estimate of drug-likeness (QED) is 0.792. The number of carbonyl (C=O) groups is 1. The smallest absolute Gasteiger partial charge is 0.196 e. The molecule has 2 aromatic carbocycles. The van der Waals surface area contributed by atoms with Crippen molar-refractivity contribution in [2.24, 2.45) is 0 Å². The predicted octanol–water partition coefficient (Wildman–Crippen LogP) is 4.24. The van der Waals surface area contributed by atoms with Crippen LogP contribution in [0, 0.1) is 0 Å². The lowest BCUT2D eigenvalue weighted by Gasteiger charge is -2.12. The lowest BCUT2D eigenvalue weighted by Crippen LogP contribution is -2.05. The van der Waals surface area contributed by atoms with Gasteiger partial charge in [-0.05, 0) is 24.3 Å². The van der Waals surface area contributed by atoms with E-state index in [9.17, 15) is 4.79 Å². The number of ether oxygens (including phenoxy) is 2. The third kappa shape index (κ3) is 2.74. The highest BCUT2D eigenvalue weighted by Crippen LogP contribution is 2.37. The molecule has 0 N–H and O–H groups in total. The van der Waals surface area contributed by atoms with Gasteiger partial charge in [0.05, 0.1) is 19.8 Å². The molecular weight excluding hydrogens is 299 g/mol. The zero-order chi connectivity index (χ0) is 14.7. The van der Waals surface area contributed by atoms with Crippen molar-refractivity contribution in [1.29, 1.82) is 0 Å². The molecule has 0 heterocycles. The maximum absolute atomic E-state index is 12.5. The first-order valence-electron chi connectivity index (χ1n) is 5.79. The van der Waals surface area contributed by atoms with Crippen molar-refractivity contribution in [3.63, 3.8) is 0 Å². The summed E-state index contributed by atoms with van der Waals surface area (Å²) in [6, 6.07) is 9.95. The van der Waals surface area contributed by atoms with Gasteiger partial charge in [0, 0.05) is 10.6 Å². The van der Waals surface area contributed by atoms with Gasteiger partial charge in [0.2, 0.25) is 0 Å². The van der Waals surface area contributed by atoms with Gasteiger partial charge >= 0.3 is 0 Å². The molecule has 0 aliphatic heterocycles. The number of carbonyl (C=O) groups excluding carboxylic acids is 1. The molecule has 0 fully saturated rings. The predicted molar refractivity (Wildman–Crippen MR) is 79.4 cm³/mol. The van der Waals surface area contributed by atoms with Gasteiger partial charge in [-0.1, -0.05) is 35.3 Å². The molecule has 0 aromatic heterocycles. The molecule has 0 bridgehead atoms. The number of hydrogen-bond donors (Lipinski definition) is 0. The van der Waals surface area contributed by atoms with E-state index >= 15 is 0 Å². The van der Waals surface area contributed by atoms with Crippen molar-refractivity contribution < 1.29 is 14.3 Å². The van der Waals surface area contributed by atoms with Crippen LogP contribution in [0.4, 0.5) is 0 Å². The Hall–Kier alpha value is -1.71. The molecule has 5 heteroatoms. The number of ketones is 1. The van der Waals surface area contributed by atoms with Crippen molar-refractivity contribution >= 4 is 29.0 Å². The fourth-order valence-electron chi connectivity index (χ4n) is 1.86. The van der Waals surface area contributed by atoms with Crippen molar-refractivity contribution in [3.8, 4) is 11.5 Å². The van der Waals surface area contributed by atoms with E-state index in [1.54, 1.807) is 36.4 Å². The fourth-order valence-corrected chi connectivity index (χ4v) is 2.37. The van der Waals surface area contributed by atoms with Crippen molar-refractivity contribution in [2.75, 3.05) is 14.2 Å². The van der Waals surface area contributed by atoms with Crippen LogP contribution in [-0.4, -0.2) is 20.0 Å². The molecule has 2 aromatic rings.